The van der Waals surface area contributed by atoms with Crippen LogP contribution >= 0.6 is 12.2 Å². The zero-order valence-electron chi connectivity index (χ0n) is 19.3. The van der Waals surface area contributed by atoms with Gasteiger partial charge in [-0.2, -0.15) is 5.10 Å². The molecule has 3 aromatic rings. The molecule has 10 heteroatoms. The Bertz CT molecular complexity index is 1140. The van der Waals surface area contributed by atoms with Crippen LogP contribution in [0.15, 0.2) is 48.5 Å². The molecule has 0 fully saturated rings. The maximum absolute atomic E-state index is 12.5. The lowest BCUT2D eigenvalue weighted by Gasteiger charge is -2.10. The van der Waals surface area contributed by atoms with Crippen molar-refractivity contribution in [3.05, 3.63) is 58.9 Å². The number of hydrogen-bond donors (Lipinski definition) is 3. The molecule has 0 aliphatic rings. The van der Waals surface area contributed by atoms with Gasteiger partial charge in [-0.15, -0.1) is 0 Å². The number of H-pyrrole nitrogens is 1. The molecule has 0 bridgehead atoms. The molecule has 0 saturated heterocycles. The molecular weight excluding hydrogens is 454 g/mol. The number of carbonyl (C=O) groups is 2. The van der Waals surface area contributed by atoms with Crippen molar-refractivity contribution in [3.8, 4) is 22.9 Å². The summed E-state index contributed by atoms with van der Waals surface area (Å²) in [5, 5.41) is 6.90. The first kappa shape index (κ1) is 25.0. The summed E-state index contributed by atoms with van der Waals surface area (Å²) in [6, 6.07) is 14.0. The number of aromatic nitrogens is 3. The maximum atomic E-state index is 12.5. The highest BCUT2D eigenvalue weighted by Crippen LogP contribution is 2.20. The van der Waals surface area contributed by atoms with E-state index in [1.807, 2.05) is 12.1 Å². The second-order valence-corrected chi connectivity index (χ2v) is 7.99. The first-order valence-corrected chi connectivity index (χ1v) is 11.5. The predicted octanol–water partition coefficient (Wildman–Crippen LogP) is 4.04. The summed E-state index contributed by atoms with van der Waals surface area (Å²) in [5.74, 6) is 1.02. The number of ether oxygens (including phenoxy) is 2. The summed E-state index contributed by atoms with van der Waals surface area (Å²) in [5.41, 5.74) is 5.99. The van der Waals surface area contributed by atoms with Gasteiger partial charge >= 0.3 is 0 Å². The Morgan fingerprint density at radius 3 is 2.38 bits per heavy atom. The minimum Gasteiger partial charge on any atom is -0.497 e. The van der Waals surface area contributed by atoms with Crippen LogP contribution in [0.2, 0.25) is 0 Å². The molecule has 1 heterocycles. The summed E-state index contributed by atoms with van der Waals surface area (Å²) in [4.78, 5) is 24.8. The quantitative estimate of drug-likeness (QED) is 0.216. The standard InChI is InChI=1S/C24H29N5O4S/c1-3-4-5-6-15-33-20-13-9-18(10-14-20)23(31)27-25-21(30)16-29-22(26-28-24(29)34)17-7-11-19(32-2)12-8-17/h7-14H,3-6,15-16H2,1-2H3,(H,25,30)(H,27,31)(H,28,34). The second-order valence-electron chi connectivity index (χ2n) is 7.60. The lowest BCUT2D eigenvalue weighted by molar-refractivity contribution is -0.122. The molecule has 0 aliphatic heterocycles. The molecule has 0 aliphatic carbocycles. The average molecular weight is 484 g/mol. The molecule has 9 nitrogen and oxygen atoms in total. The van der Waals surface area contributed by atoms with Crippen LogP contribution in [-0.4, -0.2) is 40.3 Å². The average Bonchev–Trinajstić information content (AvgIpc) is 3.22. The van der Waals surface area contributed by atoms with Crippen molar-refractivity contribution in [2.75, 3.05) is 13.7 Å². The molecule has 0 saturated carbocycles. The minimum atomic E-state index is -0.451. The largest absolute Gasteiger partial charge is 0.497 e. The van der Waals surface area contributed by atoms with Crippen molar-refractivity contribution < 1.29 is 19.1 Å². The Kier molecular flexibility index (Phi) is 9.21. The van der Waals surface area contributed by atoms with Crippen molar-refractivity contribution in [2.45, 2.75) is 39.2 Å². The Morgan fingerprint density at radius 2 is 1.71 bits per heavy atom. The fraction of sp³-hybridized carbons (Fsp3) is 0.333. The van der Waals surface area contributed by atoms with E-state index in [-0.39, 0.29) is 11.3 Å². The molecule has 3 rings (SSSR count). The third-order valence-corrected chi connectivity index (χ3v) is 5.42. The molecular formula is C24H29N5O4S. The van der Waals surface area contributed by atoms with Gasteiger partial charge in [0, 0.05) is 11.1 Å². The molecule has 0 radical (unpaired) electrons. The monoisotopic (exact) mass is 483 g/mol. The molecule has 2 amide bonds. The number of hydrogen-bond acceptors (Lipinski definition) is 6. The van der Waals surface area contributed by atoms with E-state index in [9.17, 15) is 9.59 Å². The van der Waals surface area contributed by atoms with Crippen LogP contribution in [-0.2, 0) is 11.3 Å². The Hall–Kier alpha value is -3.66. The summed E-state index contributed by atoms with van der Waals surface area (Å²) in [6.45, 7) is 2.69. The predicted molar refractivity (Wildman–Crippen MR) is 131 cm³/mol. The van der Waals surface area contributed by atoms with Gasteiger partial charge < -0.3 is 9.47 Å². The van der Waals surface area contributed by atoms with Crippen LogP contribution in [0.4, 0.5) is 0 Å². The van der Waals surface area contributed by atoms with Gasteiger partial charge in [0.05, 0.1) is 13.7 Å². The Labute approximate surface area is 203 Å². The van der Waals surface area contributed by atoms with Gasteiger partial charge in [0.25, 0.3) is 11.8 Å². The lowest BCUT2D eigenvalue weighted by Crippen LogP contribution is -2.43. The SMILES string of the molecule is CCCCCCOc1ccc(C(=O)NNC(=O)Cn2c(-c3ccc(OC)cc3)n[nH]c2=S)cc1. The van der Waals surface area contributed by atoms with Crippen LogP contribution in [0.3, 0.4) is 0 Å². The van der Waals surface area contributed by atoms with Crippen LogP contribution < -0.4 is 20.3 Å². The number of nitrogens with zero attached hydrogens (tertiary/aromatic N) is 2. The molecule has 1 aromatic heterocycles. The van der Waals surface area contributed by atoms with Gasteiger partial charge in [-0.1, -0.05) is 26.2 Å². The number of carbonyl (C=O) groups excluding carboxylic acids is 2. The van der Waals surface area contributed by atoms with E-state index < -0.39 is 11.8 Å². The summed E-state index contributed by atoms with van der Waals surface area (Å²) >= 11 is 5.26. The number of unbranched alkanes of at least 4 members (excludes halogenated alkanes) is 3. The third kappa shape index (κ3) is 6.92. The summed E-state index contributed by atoms with van der Waals surface area (Å²) in [6.07, 6.45) is 4.52. The highest BCUT2D eigenvalue weighted by atomic mass is 32.1. The first-order chi connectivity index (χ1) is 16.5. The van der Waals surface area contributed by atoms with Crippen LogP contribution in [0.1, 0.15) is 43.0 Å². The van der Waals surface area contributed by atoms with Crippen molar-refractivity contribution in [2.24, 2.45) is 0 Å². The van der Waals surface area contributed by atoms with Gasteiger partial charge in [-0.05, 0) is 67.2 Å². The van der Waals surface area contributed by atoms with Crippen LogP contribution in [0, 0.1) is 4.77 Å². The number of nitrogens with one attached hydrogen (secondary N) is 3. The lowest BCUT2D eigenvalue weighted by atomic mass is 10.2. The Morgan fingerprint density at radius 1 is 1.00 bits per heavy atom. The number of rotatable bonds is 11. The normalized spacial score (nSPS) is 10.5. The molecule has 0 unspecified atom stereocenters. The van der Waals surface area contributed by atoms with Gasteiger partial charge in [-0.25, -0.2) is 0 Å². The fourth-order valence-corrected chi connectivity index (χ4v) is 3.42. The zero-order chi connectivity index (χ0) is 24.3. The zero-order valence-corrected chi connectivity index (χ0v) is 20.1. The molecule has 0 atom stereocenters. The van der Waals surface area contributed by atoms with Gasteiger partial charge in [-0.3, -0.25) is 30.1 Å². The van der Waals surface area contributed by atoms with E-state index >= 15 is 0 Å². The minimum absolute atomic E-state index is 0.123. The smallest absolute Gasteiger partial charge is 0.269 e. The molecule has 34 heavy (non-hydrogen) atoms. The van der Waals surface area contributed by atoms with Gasteiger partial charge in [0.2, 0.25) is 0 Å². The van der Waals surface area contributed by atoms with Crippen molar-refractivity contribution >= 4 is 24.0 Å². The summed E-state index contributed by atoms with van der Waals surface area (Å²) in [7, 11) is 1.58. The van der Waals surface area contributed by atoms with Gasteiger partial charge in [0.15, 0.2) is 10.6 Å². The van der Waals surface area contributed by atoms with Crippen molar-refractivity contribution in [3.63, 3.8) is 0 Å². The number of benzene rings is 2. The highest BCUT2D eigenvalue weighted by molar-refractivity contribution is 7.71. The van der Waals surface area contributed by atoms with Crippen LogP contribution in [0.5, 0.6) is 11.5 Å². The second kappa shape index (κ2) is 12.5. The molecule has 3 N–H and O–H groups in total. The molecule has 0 spiro atoms. The van der Waals surface area contributed by atoms with E-state index in [1.165, 1.54) is 12.8 Å². The maximum Gasteiger partial charge on any atom is 0.269 e. The van der Waals surface area contributed by atoms with Gasteiger partial charge in [0.1, 0.15) is 18.0 Å². The number of methoxy groups -OCH3 is 1. The third-order valence-electron chi connectivity index (χ3n) is 5.11. The fourth-order valence-electron chi connectivity index (χ4n) is 3.23. The van der Waals surface area contributed by atoms with E-state index in [4.69, 9.17) is 21.7 Å². The van der Waals surface area contributed by atoms with Crippen LogP contribution in [0.25, 0.3) is 11.4 Å². The number of hydrazine groups is 1. The Balaban J connectivity index is 1.52. The van der Waals surface area contributed by atoms with Crippen molar-refractivity contribution in [1.29, 1.82) is 0 Å². The number of aromatic amines is 1. The summed E-state index contributed by atoms with van der Waals surface area (Å²) < 4.78 is 12.7. The highest BCUT2D eigenvalue weighted by Gasteiger charge is 2.14. The number of amides is 2. The topological polar surface area (TPSA) is 110 Å². The van der Waals surface area contributed by atoms with E-state index in [0.717, 1.165) is 18.4 Å². The van der Waals surface area contributed by atoms with E-state index in [1.54, 1.807) is 48.1 Å². The van der Waals surface area contributed by atoms with Crippen molar-refractivity contribution in [1.82, 2.24) is 25.6 Å². The first-order valence-electron chi connectivity index (χ1n) is 11.1. The van der Waals surface area contributed by atoms with E-state index in [0.29, 0.717) is 29.5 Å². The molecule has 180 valence electrons. The van der Waals surface area contributed by atoms with E-state index in [2.05, 4.69) is 28.0 Å². The molecule has 2 aromatic carbocycles.